The van der Waals surface area contributed by atoms with Crippen LogP contribution < -0.4 is 0 Å². The Kier molecular flexibility index (Phi) is 5.81. The van der Waals surface area contributed by atoms with E-state index in [-0.39, 0.29) is 13.1 Å². The van der Waals surface area contributed by atoms with Gasteiger partial charge in [-0.15, -0.1) is 0 Å². The van der Waals surface area contributed by atoms with Crippen LogP contribution in [-0.4, -0.2) is 43.8 Å². The van der Waals surface area contributed by atoms with E-state index in [1.807, 2.05) is 23.1 Å². The standard InChI is InChI=1S/C18H18ClF3N2O2S/c19-15-5-3-4-14(12-15)13-23-8-10-24(11-9-23)27(25,26)17-7-2-1-6-16(17)18(20,21)22/h1-7,12H,8-11,13H2. The molecule has 0 atom stereocenters. The first kappa shape index (κ1) is 20.1. The van der Waals surface area contributed by atoms with Crippen molar-refractivity contribution in [3.63, 3.8) is 0 Å². The van der Waals surface area contributed by atoms with Gasteiger partial charge in [0.05, 0.1) is 10.5 Å². The van der Waals surface area contributed by atoms with Gasteiger partial charge in [-0.2, -0.15) is 17.5 Å². The van der Waals surface area contributed by atoms with Crippen molar-refractivity contribution in [2.75, 3.05) is 26.2 Å². The number of sulfonamides is 1. The van der Waals surface area contributed by atoms with Crippen LogP contribution in [0.1, 0.15) is 11.1 Å². The molecule has 1 saturated heterocycles. The van der Waals surface area contributed by atoms with E-state index < -0.39 is 26.7 Å². The molecule has 0 spiro atoms. The van der Waals surface area contributed by atoms with Crippen LogP contribution >= 0.6 is 11.6 Å². The van der Waals surface area contributed by atoms with Crippen LogP contribution in [0.2, 0.25) is 5.02 Å². The highest BCUT2D eigenvalue weighted by Crippen LogP contribution is 2.35. The third kappa shape index (κ3) is 4.63. The second-order valence-electron chi connectivity index (χ2n) is 6.30. The Balaban J connectivity index is 1.72. The summed E-state index contributed by atoms with van der Waals surface area (Å²) in [6.45, 7) is 1.73. The Morgan fingerprint density at radius 2 is 1.63 bits per heavy atom. The van der Waals surface area contributed by atoms with E-state index in [1.54, 1.807) is 6.07 Å². The predicted octanol–water partition coefficient (Wildman–Crippen LogP) is 3.87. The van der Waals surface area contributed by atoms with Crippen LogP contribution in [-0.2, 0) is 22.7 Å². The topological polar surface area (TPSA) is 40.6 Å². The van der Waals surface area contributed by atoms with Gasteiger partial charge in [0.25, 0.3) is 0 Å². The van der Waals surface area contributed by atoms with E-state index in [2.05, 4.69) is 0 Å². The third-order valence-electron chi connectivity index (χ3n) is 4.44. The minimum absolute atomic E-state index is 0.134. The summed E-state index contributed by atoms with van der Waals surface area (Å²) in [5.41, 5.74) is -0.132. The van der Waals surface area contributed by atoms with Gasteiger partial charge >= 0.3 is 6.18 Å². The zero-order valence-electron chi connectivity index (χ0n) is 14.3. The molecule has 3 rings (SSSR count). The van der Waals surface area contributed by atoms with Gasteiger partial charge in [0, 0.05) is 37.7 Å². The normalized spacial score (nSPS) is 17.2. The maximum absolute atomic E-state index is 13.2. The smallest absolute Gasteiger partial charge is 0.296 e. The Labute approximate surface area is 161 Å². The summed E-state index contributed by atoms with van der Waals surface area (Å²) in [6.07, 6.45) is -4.72. The lowest BCUT2D eigenvalue weighted by atomic mass is 10.2. The molecule has 4 nitrogen and oxygen atoms in total. The van der Waals surface area contributed by atoms with Crippen molar-refractivity contribution in [1.82, 2.24) is 9.21 Å². The molecular formula is C18H18ClF3N2O2S. The first-order chi connectivity index (χ1) is 12.7. The van der Waals surface area contributed by atoms with E-state index in [9.17, 15) is 21.6 Å². The van der Waals surface area contributed by atoms with Gasteiger partial charge in [-0.25, -0.2) is 8.42 Å². The van der Waals surface area contributed by atoms with Crippen LogP contribution in [0.15, 0.2) is 53.4 Å². The first-order valence-electron chi connectivity index (χ1n) is 8.31. The summed E-state index contributed by atoms with van der Waals surface area (Å²) in [5.74, 6) is 0. The summed E-state index contributed by atoms with van der Waals surface area (Å²) >= 11 is 5.97. The number of piperazine rings is 1. The molecular weight excluding hydrogens is 401 g/mol. The van der Waals surface area contributed by atoms with Crippen molar-refractivity contribution >= 4 is 21.6 Å². The van der Waals surface area contributed by atoms with Crippen molar-refractivity contribution in [3.05, 3.63) is 64.7 Å². The highest BCUT2D eigenvalue weighted by molar-refractivity contribution is 7.89. The average Bonchev–Trinajstić information content (AvgIpc) is 2.61. The lowest BCUT2D eigenvalue weighted by molar-refractivity contribution is -0.139. The molecule has 1 heterocycles. The molecule has 0 amide bonds. The Hall–Kier alpha value is -1.61. The Morgan fingerprint density at radius 1 is 0.963 bits per heavy atom. The van der Waals surface area contributed by atoms with Gasteiger partial charge < -0.3 is 0 Å². The molecule has 0 aromatic heterocycles. The van der Waals surface area contributed by atoms with Gasteiger partial charge in [0.2, 0.25) is 10.0 Å². The van der Waals surface area contributed by atoms with Crippen LogP contribution in [0, 0.1) is 0 Å². The highest BCUT2D eigenvalue weighted by atomic mass is 35.5. The fourth-order valence-corrected chi connectivity index (χ4v) is 4.93. The molecule has 1 aliphatic heterocycles. The van der Waals surface area contributed by atoms with Crippen molar-refractivity contribution in [3.8, 4) is 0 Å². The number of benzene rings is 2. The second-order valence-corrected chi connectivity index (χ2v) is 8.65. The molecule has 0 unspecified atom stereocenters. The zero-order chi connectivity index (χ0) is 19.7. The van der Waals surface area contributed by atoms with E-state index in [0.29, 0.717) is 24.7 Å². The van der Waals surface area contributed by atoms with Gasteiger partial charge in [0.15, 0.2) is 0 Å². The molecule has 1 fully saturated rings. The van der Waals surface area contributed by atoms with Crippen LogP contribution in [0.5, 0.6) is 0 Å². The summed E-state index contributed by atoms with van der Waals surface area (Å²) < 4.78 is 66.2. The fraction of sp³-hybridized carbons (Fsp3) is 0.333. The van der Waals surface area contributed by atoms with E-state index in [4.69, 9.17) is 11.6 Å². The van der Waals surface area contributed by atoms with Crippen molar-refractivity contribution in [1.29, 1.82) is 0 Å². The molecule has 27 heavy (non-hydrogen) atoms. The van der Waals surface area contributed by atoms with E-state index >= 15 is 0 Å². The lowest BCUT2D eigenvalue weighted by Crippen LogP contribution is -2.48. The number of hydrogen-bond donors (Lipinski definition) is 0. The van der Waals surface area contributed by atoms with Gasteiger partial charge in [-0.3, -0.25) is 4.90 Å². The number of hydrogen-bond acceptors (Lipinski definition) is 3. The van der Waals surface area contributed by atoms with Crippen LogP contribution in [0.3, 0.4) is 0 Å². The van der Waals surface area contributed by atoms with Crippen LogP contribution in [0.4, 0.5) is 13.2 Å². The van der Waals surface area contributed by atoms with Crippen LogP contribution in [0.25, 0.3) is 0 Å². The summed E-state index contributed by atoms with van der Waals surface area (Å²) in [6, 6.07) is 11.7. The number of nitrogens with zero attached hydrogens (tertiary/aromatic N) is 2. The summed E-state index contributed by atoms with van der Waals surface area (Å²) in [5, 5.41) is 0.623. The molecule has 0 N–H and O–H groups in total. The summed E-state index contributed by atoms with van der Waals surface area (Å²) in [7, 11) is -4.21. The Bertz CT molecular complexity index is 911. The minimum Gasteiger partial charge on any atom is -0.296 e. The minimum atomic E-state index is -4.72. The molecule has 146 valence electrons. The SMILES string of the molecule is O=S(=O)(c1ccccc1C(F)(F)F)N1CCN(Cc2cccc(Cl)c2)CC1. The summed E-state index contributed by atoms with van der Waals surface area (Å²) in [4.78, 5) is 1.36. The molecule has 0 saturated carbocycles. The third-order valence-corrected chi connectivity index (χ3v) is 6.63. The highest BCUT2D eigenvalue weighted by Gasteiger charge is 2.39. The van der Waals surface area contributed by atoms with E-state index in [0.717, 1.165) is 22.0 Å². The molecule has 0 radical (unpaired) electrons. The van der Waals surface area contributed by atoms with Gasteiger partial charge in [-0.1, -0.05) is 35.9 Å². The maximum atomic E-state index is 13.2. The molecule has 0 aliphatic carbocycles. The zero-order valence-corrected chi connectivity index (χ0v) is 15.9. The quantitative estimate of drug-likeness (QED) is 0.757. The predicted molar refractivity (Wildman–Crippen MR) is 96.9 cm³/mol. The lowest BCUT2D eigenvalue weighted by Gasteiger charge is -2.34. The fourth-order valence-electron chi connectivity index (χ4n) is 3.09. The van der Waals surface area contributed by atoms with Crippen molar-refractivity contribution in [2.24, 2.45) is 0 Å². The monoisotopic (exact) mass is 418 g/mol. The number of halogens is 4. The molecule has 9 heteroatoms. The molecule has 0 bridgehead atoms. The number of alkyl halides is 3. The Morgan fingerprint density at radius 3 is 2.26 bits per heavy atom. The molecule has 1 aliphatic rings. The van der Waals surface area contributed by atoms with Crippen molar-refractivity contribution in [2.45, 2.75) is 17.6 Å². The largest absolute Gasteiger partial charge is 0.417 e. The molecule has 2 aromatic carbocycles. The number of rotatable bonds is 4. The van der Waals surface area contributed by atoms with E-state index in [1.165, 1.54) is 12.1 Å². The van der Waals surface area contributed by atoms with Gasteiger partial charge in [-0.05, 0) is 29.8 Å². The maximum Gasteiger partial charge on any atom is 0.417 e. The second kappa shape index (κ2) is 7.79. The molecule has 2 aromatic rings. The average molecular weight is 419 g/mol. The van der Waals surface area contributed by atoms with Crippen molar-refractivity contribution < 1.29 is 21.6 Å². The van der Waals surface area contributed by atoms with Gasteiger partial charge in [0.1, 0.15) is 0 Å². The first-order valence-corrected chi connectivity index (χ1v) is 10.1.